The molecule has 0 fully saturated rings. The summed E-state index contributed by atoms with van der Waals surface area (Å²) in [5, 5.41) is 3.17. The highest BCUT2D eigenvalue weighted by molar-refractivity contribution is 6.31. The Hall–Kier alpha value is -3.18. The van der Waals surface area contributed by atoms with E-state index in [1.165, 1.54) is 36.5 Å². The maximum absolute atomic E-state index is 13.8. The number of carbonyl (C=O) groups excluding carboxylic acids is 1. The molecule has 142 valence electrons. The second-order valence-electron chi connectivity index (χ2n) is 5.87. The fourth-order valence-electron chi connectivity index (χ4n) is 2.42. The predicted octanol–water partition coefficient (Wildman–Crippen LogP) is 6.01. The van der Waals surface area contributed by atoms with Gasteiger partial charge < -0.3 is 10.1 Å². The van der Waals surface area contributed by atoms with Crippen molar-refractivity contribution in [3.63, 3.8) is 0 Å². The SMILES string of the molecule is O=C(C=CNc1ccc(F)cc1)c1cccc(OCc2c(F)cccc2Cl)c1. The molecule has 0 saturated heterocycles. The van der Waals surface area contributed by atoms with Crippen LogP contribution in [0.4, 0.5) is 14.5 Å². The van der Waals surface area contributed by atoms with E-state index < -0.39 is 5.82 Å². The number of allylic oxidation sites excluding steroid dienone is 1. The molecule has 0 atom stereocenters. The highest BCUT2D eigenvalue weighted by Crippen LogP contribution is 2.22. The summed E-state index contributed by atoms with van der Waals surface area (Å²) in [6.45, 7) is -0.0505. The van der Waals surface area contributed by atoms with Gasteiger partial charge in [0.05, 0.1) is 5.02 Å². The second-order valence-corrected chi connectivity index (χ2v) is 6.27. The number of nitrogens with one attached hydrogen (secondary N) is 1. The van der Waals surface area contributed by atoms with E-state index in [0.29, 0.717) is 17.0 Å². The van der Waals surface area contributed by atoms with Crippen LogP contribution in [-0.4, -0.2) is 5.78 Å². The summed E-state index contributed by atoms with van der Waals surface area (Å²) in [4.78, 5) is 12.3. The molecule has 0 heterocycles. The lowest BCUT2D eigenvalue weighted by Crippen LogP contribution is -2.01. The van der Waals surface area contributed by atoms with E-state index in [1.807, 2.05) is 0 Å². The van der Waals surface area contributed by atoms with Crippen LogP contribution in [0.5, 0.6) is 5.75 Å². The van der Waals surface area contributed by atoms with Gasteiger partial charge in [0.1, 0.15) is 24.0 Å². The van der Waals surface area contributed by atoms with Gasteiger partial charge in [0, 0.05) is 29.1 Å². The van der Waals surface area contributed by atoms with Gasteiger partial charge in [-0.1, -0.05) is 29.8 Å². The first-order valence-corrected chi connectivity index (χ1v) is 8.79. The molecular weight excluding hydrogens is 384 g/mol. The van der Waals surface area contributed by atoms with Crippen molar-refractivity contribution in [2.45, 2.75) is 6.61 Å². The van der Waals surface area contributed by atoms with Crippen molar-refractivity contribution in [2.75, 3.05) is 5.32 Å². The summed E-state index contributed by atoms with van der Waals surface area (Å²) < 4.78 is 32.3. The lowest BCUT2D eigenvalue weighted by Gasteiger charge is -2.09. The molecule has 0 bridgehead atoms. The molecule has 0 aliphatic heterocycles. The largest absolute Gasteiger partial charge is 0.489 e. The lowest BCUT2D eigenvalue weighted by atomic mass is 10.1. The fraction of sp³-hybridized carbons (Fsp3) is 0.0455. The summed E-state index contributed by atoms with van der Waals surface area (Å²) >= 11 is 5.98. The van der Waals surface area contributed by atoms with E-state index in [4.69, 9.17) is 16.3 Å². The molecule has 3 aromatic carbocycles. The maximum atomic E-state index is 13.8. The van der Waals surface area contributed by atoms with Crippen LogP contribution in [0, 0.1) is 11.6 Å². The molecule has 3 rings (SSSR count). The summed E-state index contributed by atoms with van der Waals surface area (Å²) in [7, 11) is 0. The zero-order valence-electron chi connectivity index (χ0n) is 14.7. The molecule has 0 amide bonds. The topological polar surface area (TPSA) is 38.3 Å². The zero-order chi connectivity index (χ0) is 19.9. The Labute approximate surface area is 166 Å². The number of anilines is 1. The first kappa shape index (κ1) is 19.6. The Kier molecular flexibility index (Phi) is 6.40. The standard InChI is InChI=1S/C22H16ClF2NO2/c23-20-5-2-6-21(25)19(20)14-28-18-4-1-3-15(13-18)22(27)11-12-26-17-9-7-16(24)8-10-17/h1-13,26H,14H2. The highest BCUT2D eigenvalue weighted by Gasteiger charge is 2.09. The maximum Gasteiger partial charge on any atom is 0.187 e. The Morgan fingerprint density at radius 2 is 1.79 bits per heavy atom. The van der Waals surface area contributed by atoms with E-state index in [1.54, 1.807) is 42.5 Å². The van der Waals surface area contributed by atoms with E-state index in [-0.39, 0.29) is 28.8 Å². The number of hydrogen-bond donors (Lipinski definition) is 1. The van der Waals surface area contributed by atoms with Crippen molar-refractivity contribution < 1.29 is 18.3 Å². The summed E-state index contributed by atoms with van der Waals surface area (Å²) in [6.07, 6.45) is 2.83. The van der Waals surface area contributed by atoms with Gasteiger partial charge in [-0.05, 0) is 48.5 Å². The van der Waals surface area contributed by atoms with Crippen LogP contribution in [-0.2, 0) is 6.61 Å². The molecule has 1 N–H and O–H groups in total. The molecule has 6 heteroatoms. The Morgan fingerprint density at radius 1 is 1.04 bits per heavy atom. The van der Waals surface area contributed by atoms with Crippen molar-refractivity contribution >= 4 is 23.1 Å². The predicted molar refractivity (Wildman–Crippen MR) is 106 cm³/mol. The Balaban J connectivity index is 1.62. The van der Waals surface area contributed by atoms with Gasteiger partial charge in [0.2, 0.25) is 0 Å². The third-order valence-corrected chi connectivity index (χ3v) is 4.25. The Bertz CT molecular complexity index is 983. The summed E-state index contributed by atoms with van der Waals surface area (Å²) in [6, 6.07) is 16.7. The van der Waals surface area contributed by atoms with Gasteiger partial charge in [-0.3, -0.25) is 4.79 Å². The fourth-order valence-corrected chi connectivity index (χ4v) is 2.64. The number of halogens is 3. The van der Waals surface area contributed by atoms with Crippen LogP contribution in [0.2, 0.25) is 5.02 Å². The van der Waals surface area contributed by atoms with E-state index >= 15 is 0 Å². The number of carbonyl (C=O) groups is 1. The van der Waals surface area contributed by atoms with Crippen LogP contribution in [0.25, 0.3) is 0 Å². The minimum absolute atomic E-state index is 0.0505. The van der Waals surface area contributed by atoms with Crippen molar-refractivity contribution in [3.05, 3.63) is 107 Å². The molecule has 0 spiro atoms. The minimum Gasteiger partial charge on any atom is -0.489 e. The number of hydrogen-bond acceptors (Lipinski definition) is 3. The Morgan fingerprint density at radius 3 is 2.54 bits per heavy atom. The minimum atomic E-state index is -0.450. The second kappa shape index (κ2) is 9.15. The van der Waals surface area contributed by atoms with Gasteiger partial charge in [-0.2, -0.15) is 0 Å². The summed E-state index contributed by atoms with van der Waals surface area (Å²) in [5.41, 5.74) is 1.32. The van der Waals surface area contributed by atoms with Crippen LogP contribution < -0.4 is 10.1 Å². The number of benzene rings is 3. The number of ketones is 1. The molecule has 0 saturated carbocycles. The van der Waals surface area contributed by atoms with Crippen molar-refractivity contribution in [1.29, 1.82) is 0 Å². The van der Waals surface area contributed by atoms with Crippen molar-refractivity contribution in [2.24, 2.45) is 0 Å². The van der Waals surface area contributed by atoms with Gasteiger partial charge >= 0.3 is 0 Å². The van der Waals surface area contributed by atoms with Crippen LogP contribution in [0.3, 0.4) is 0 Å². The van der Waals surface area contributed by atoms with Gasteiger partial charge in [-0.25, -0.2) is 8.78 Å². The van der Waals surface area contributed by atoms with Crippen molar-refractivity contribution in [3.8, 4) is 5.75 Å². The smallest absolute Gasteiger partial charge is 0.187 e. The summed E-state index contributed by atoms with van der Waals surface area (Å²) in [5.74, 6) is -0.609. The molecule has 3 nitrogen and oxygen atoms in total. The molecule has 0 radical (unpaired) electrons. The number of rotatable bonds is 7. The van der Waals surface area contributed by atoms with Crippen LogP contribution in [0.15, 0.2) is 79.0 Å². The molecule has 0 aromatic heterocycles. The zero-order valence-corrected chi connectivity index (χ0v) is 15.4. The monoisotopic (exact) mass is 399 g/mol. The molecule has 0 unspecified atom stereocenters. The molecule has 3 aromatic rings. The average molecular weight is 400 g/mol. The number of ether oxygens (including phenoxy) is 1. The third-order valence-electron chi connectivity index (χ3n) is 3.89. The molecule has 0 aliphatic carbocycles. The molecule has 0 aliphatic rings. The van der Waals surface area contributed by atoms with Crippen LogP contribution >= 0.6 is 11.6 Å². The van der Waals surface area contributed by atoms with Gasteiger partial charge in [-0.15, -0.1) is 0 Å². The average Bonchev–Trinajstić information content (AvgIpc) is 2.69. The highest BCUT2D eigenvalue weighted by atomic mass is 35.5. The normalized spacial score (nSPS) is 10.8. The van der Waals surface area contributed by atoms with Crippen molar-refractivity contribution in [1.82, 2.24) is 0 Å². The molecule has 28 heavy (non-hydrogen) atoms. The lowest BCUT2D eigenvalue weighted by molar-refractivity contribution is 0.104. The first-order valence-electron chi connectivity index (χ1n) is 8.41. The third kappa shape index (κ3) is 5.18. The quantitative estimate of drug-likeness (QED) is 0.391. The van der Waals surface area contributed by atoms with Crippen LogP contribution in [0.1, 0.15) is 15.9 Å². The van der Waals surface area contributed by atoms with E-state index in [2.05, 4.69) is 5.32 Å². The van der Waals surface area contributed by atoms with Gasteiger partial charge in [0.15, 0.2) is 5.78 Å². The van der Waals surface area contributed by atoms with E-state index in [0.717, 1.165) is 0 Å². The van der Waals surface area contributed by atoms with E-state index in [9.17, 15) is 13.6 Å². The molecular formula is C22H16ClF2NO2. The van der Waals surface area contributed by atoms with Gasteiger partial charge in [0.25, 0.3) is 0 Å². The first-order chi connectivity index (χ1) is 13.5.